The van der Waals surface area contributed by atoms with Gasteiger partial charge in [0.05, 0.1) is 27.1 Å². The fourth-order valence-electron chi connectivity index (χ4n) is 2.64. The second-order valence-corrected chi connectivity index (χ2v) is 9.65. The maximum Gasteiger partial charge on any atom is 0.416 e. The highest BCUT2D eigenvalue weighted by Crippen LogP contribution is 2.35. The van der Waals surface area contributed by atoms with Gasteiger partial charge in [0.2, 0.25) is 10.0 Å². The highest BCUT2D eigenvalue weighted by atomic mass is 35.5. The number of carbonyl (C=O) groups excluding carboxylic acids is 1. The molecular formula is C20H22ClF3N2O4S. The first-order valence-corrected chi connectivity index (χ1v) is 10.9. The molecule has 0 fully saturated rings. The Morgan fingerprint density at radius 2 is 1.81 bits per heavy atom. The third kappa shape index (κ3) is 6.11. The summed E-state index contributed by atoms with van der Waals surface area (Å²) in [5.74, 6) is -0.751. The highest BCUT2D eigenvalue weighted by molar-refractivity contribution is 7.89. The molecule has 2 aromatic carbocycles. The molecule has 2 aromatic rings. The van der Waals surface area contributed by atoms with Gasteiger partial charge in [0.15, 0.2) is 0 Å². The number of benzene rings is 2. The zero-order valence-electron chi connectivity index (χ0n) is 17.2. The minimum absolute atomic E-state index is 0.0352. The third-order valence-corrected chi connectivity index (χ3v) is 6.30. The van der Waals surface area contributed by atoms with Crippen LogP contribution in [0.25, 0.3) is 0 Å². The molecule has 0 aliphatic heterocycles. The Bertz CT molecular complexity index is 1070. The van der Waals surface area contributed by atoms with Crippen molar-refractivity contribution in [2.75, 3.05) is 14.1 Å². The second-order valence-electron chi connectivity index (χ2n) is 7.10. The van der Waals surface area contributed by atoms with Crippen LogP contribution in [0.15, 0.2) is 41.3 Å². The highest BCUT2D eigenvalue weighted by Gasteiger charge is 2.34. The zero-order valence-corrected chi connectivity index (χ0v) is 18.8. The Morgan fingerprint density at radius 3 is 2.35 bits per heavy atom. The van der Waals surface area contributed by atoms with Gasteiger partial charge in [0, 0.05) is 20.6 Å². The van der Waals surface area contributed by atoms with Gasteiger partial charge in [-0.05, 0) is 49.7 Å². The van der Waals surface area contributed by atoms with Crippen LogP contribution >= 0.6 is 11.6 Å². The first-order chi connectivity index (χ1) is 14.2. The lowest BCUT2D eigenvalue weighted by Crippen LogP contribution is -2.26. The van der Waals surface area contributed by atoms with E-state index in [0.717, 1.165) is 16.4 Å². The summed E-state index contributed by atoms with van der Waals surface area (Å²) in [6, 6.07) is 7.04. The van der Waals surface area contributed by atoms with E-state index in [-0.39, 0.29) is 32.9 Å². The molecule has 2 rings (SSSR count). The standard InChI is InChI=1S/C20H22ClF3N2O4S/c1-12(2)30-14-6-5-13(17(9-14)20(22,23)24)11-25-19(27)16-10-15(7-8-18(16)21)31(28,29)26(3)4/h5-10,12H,11H2,1-4H3,(H,25,27). The van der Waals surface area contributed by atoms with Crippen LogP contribution in [-0.2, 0) is 22.7 Å². The van der Waals surface area contributed by atoms with Crippen molar-refractivity contribution < 1.29 is 31.1 Å². The number of rotatable bonds is 7. The molecule has 0 aliphatic rings. The van der Waals surface area contributed by atoms with E-state index in [4.69, 9.17) is 16.3 Å². The smallest absolute Gasteiger partial charge is 0.416 e. The number of ether oxygens (including phenoxy) is 1. The van der Waals surface area contributed by atoms with Gasteiger partial charge >= 0.3 is 6.18 Å². The lowest BCUT2D eigenvalue weighted by molar-refractivity contribution is -0.138. The van der Waals surface area contributed by atoms with Gasteiger partial charge in [-0.15, -0.1) is 0 Å². The SMILES string of the molecule is CC(C)Oc1ccc(CNC(=O)c2cc(S(=O)(=O)N(C)C)ccc2Cl)c(C(F)(F)F)c1. The molecule has 0 unspecified atom stereocenters. The van der Waals surface area contributed by atoms with Crippen LogP contribution in [0.4, 0.5) is 13.2 Å². The molecule has 0 aromatic heterocycles. The summed E-state index contributed by atoms with van der Waals surface area (Å²) in [6.07, 6.45) is -4.96. The maximum atomic E-state index is 13.5. The zero-order chi connectivity index (χ0) is 23.6. The molecule has 1 N–H and O–H groups in total. The number of alkyl halides is 3. The van der Waals surface area contributed by atoms with Crippen LogP contribution in [0.3, 0.4) is 0 Å². The van der Waals surface area contributed by atoms with Crippen molar-refractivity contribution in [2.45, 2.75) is 37.6 Å². The van der Waals surface area contributed by atoms with E-state index in [0.29, 0.717) is 0 Å². The van der Waals surface area contributed by atoms with E-state index >= 15 is 0 Å². The number of nitrogens with zero attached hydrogens (tertiary/aromatic N) is 1. The number of hydrogen-bond donors (Lipinski definition) is 1. The topological polar surface area (TPSA) is 75.7 Å². The molecule has 0 spiro atoms. The molecule has 11 heteroatoms. The predicted octanol–water partition coefficient (Wildman–Crippen LogP) is 4.33. The number of amides is 1. The molecule has 0 heterocycles. The van der Waals surface area contributed by atoms with Crippen molar-refractivity contribution in [3.8, 4) is 5.75 Å². The molecule has 31 heavy (non-hydrogen) atoms. The molecule has 0 radical (unpaired) electrons. The summed E-state index contributed by atoms with van der Waals surface area (Å²) < 4.78 is 71.3. The van der Waals surface area contributed by atoms with Crippen LogP contribution in [-0.4, -0.2) is 38.8 Å². The Balaban J connectivity index is 2.30. The minimum Gasteiger partial charge on any atom is -0.491 e. The van der Waals surface area contributed by atoms with Crippen molar-refractivity contribution in [3.63, 3.8) is 0 Å². The van der Waals surface area contributed by atoms with Crippen molar-refractivity contribution in [3.05, 3.63) is 58.1 Å². The fraction of sp³-hybridized carbons (Fsp3) is 0.350. The third-order valence-electron chi connectivity index (χ3n) is 4.16. The van der Waals surface area contributed by atoms with E-state index in [9.17, 15) is 26.4 Å². The van der Waals surface area contributed by atoms with Crippen LogP contribution in [0, 0.1) is 0 Å². The van der Waals surface area contributed by atoms with Crippen LogP contribution in [0.5, 0.6) is 5.75 Å². The van der Waals surface area contributed by atoms with Crippen molar-refractivity contribution in [2.24, 2.45) is 0 Å². The maximum absolute atomic E-state index is 13.5. The van der Waals surface area contributed by atoms with E-state index in [1.165, 1.54) is 38.4 Å². The van der Waals surface area contributed by atoms with Gasteiger partial charge in [0.1, 0.15) is 5.75 Å². The number of hydrogen-bond acceptors (Lipinski definition) is 4. The summed E-state index contributed by atoms with van der Waals surface area (Å²) in [7, 11) is -1.17. The minimum atomic E-state index is -4.66. The summed E-state index contributed by atoms with van der Waals surface area (Å²) in [4.78, 5) is 12.4. The number of carbonyl (C=O) groups is 1. The van der Waals surface area contributed by atoms with E-state index in [1.54, 1.807) is 13.8 Å². The van der Waals surface area contributed by atoms with Crippen molar-refractivity contribution >= 4 is 27.5 Å². The molecule has 6 nitrogen and oxygen atoms in total. The normalized spacial score (nSPS) is 12.3. The Kier molecular flexibility index (Phi) is 7.61. The molecule has 0 saturated heterocycles. The van der Waals surface area contributed by atoms with Crippen LogP contribution in [0.1, 0.15) is 35.3 Å². The van der Waals surface area contributed by atoms with Gasteiger partial charge in [0.25, 0.3) is 5.91 Å². The average Bonchev–Trinajstić information content (AvgIpc) is 2.65. The second kappa shape index (κ2) is 9.46. The largest absolute Gasteiger partial charge is 0.491 e. The van der Waals surface area contributed by atoms with Gasteiger partial charge < -0.3 is 10.1 Å². The first kappa shape index (κ1) is 25.0. The number of nitrogens with one attached hydrogen (secondary N) is 1. The molecule has 170 valence electrons. The summed E-state index contributed by atoms with van der Waals surface area (Å²) in [5, 5.41) is 2.33. The summed E-state index contributed by atoms with van der Waals surface area (Å²) in [6.45, 7) is 2.93. The Hall–Kier alpha value is -2.30. The molecule has 0 bridgehead atoms. The van der Waals surface area contributed by atoms with E-state index in [1.807, 2.05) is 0 Å². The van der Waals surface area contributed by atoms with Crippen LogP contribution in [0.2, 0.25) is 5.02 Å². The molecule has 0 saturated carbocycles. The molecular weight excluding hydrogens is 457 g/mol. The van der Waals surface area contributed by atoms with Crippen LogP contribution < -0.4 is 10.1 Å². The molecule has 1 amide bonds. The first-order valence-electron chi connectivity index (χ1n) is 9.10. The fourth-order valence-corrected chi connectivity index (χ4v) is 3.77. The predicted molar refractivity (Wildman–Crippen MR) is 111 cm³/mol. The molecule has 0 atom stereocenters. The van der Waals surface area contributed by atoms with E-state index in [2.05, 4.69) is 5.32 Å². The monoisotopic (exact) mass is 478 g/mol. The van der Waals surface area contributed by atoms with Gasteiger partial charge in [-0.25, -0.2) is 12.7 Å². The lowest BCUT2D eigenvalue weighted by atomic mass is 10.1. The van der Waals surface area contributed by atoms with E-state index < -0.39 is 34.2 Å². The van der Waals surface area contributed by atoms with Crippen molar-refractivity contribution in [1.29, 1.82) is 0 Å². The van der Waals surface area contributed by atoms with Gasteiger partial charge in [-0.3, -0.25) is 4.79 Å². The Labute approximate surface area is 184 Å². The number of sulfonamides is 1. The van der Waals surface area contributed by atoms with Gasteiger partial charge in [-0.2, -0.15) is 13.2 Å². The number of halogens is 4. The van der Waals surface area contributed by atoms with Crippen molar-refractivity contribution in [1.82, 2.24) is 9.62 Å². The quantitative estimate of drug-likeness (QED) is 0.643. The summed E-state index contributed by atoms with van der Waals surface area (Å²) >= 11 is 6.01. The Morgan fingerprint density at radius 1 is 1.16 bits per heavy atom. The van der Waals surface area contributed by atoms with Gasteiger partial charge in [-0.1, -0.05) is 17.7 Å². The molecule has 0 aliphatic carbocycles. The average molecular weight is 479 g/mol. The lowest BCUT2D eigenvalue weighted by Gasteiger charge is -2.17. The summed E-state index contributed by atoms with van der Waals surface area (Å²) in [5.41, 5.74) is -1.29.